The van der Waals surface area contributed by atoms with E-state index in [4.69, 9.17) is 28.0 Å². The molecule has 0 aromatic heterocycles. The molecule has 0 radical (unpaired) electrons. The molecule has 6 rings (SSSR count). The fraction of sp³-hybridized carbons (Fsp3) is 0.333. The second kappa shape index (κ2) is 27.0. The topological polar surface area (TPSA) is 88.4 Å². The van der Waals surface area contributed by atoms with Crippen molar-refractivity contribution in [3.05, 3.63) is 179 Å². The van der Waals surface area contributed by atoms with Crippen molar-refractivity contribution in [3.63, 3.8) is 0 Å². The molecule has 0 heterocycles. The van der Waals surface area contributed by atoms with Crippen molar-refractivity contribution in [2.45, 2.75) is 118 Å². The predicted molar refractivity (Wildman–Crippen MR) is 283 cm³/mol. The zero-order valence-corrected chi connectivity index (χ0v) is 45.7. The van der Waals surface area contributed by atoms with E-state index in [9.17, 15) is 0 Å². The minimum Gasteiger partial charge on any atom is -0.419 e. The summed E-state index contributed by atoms with van der Waals surface area (Å²) in [5.74, 6) is 0. The molecule has 344 valence electrons. The van der Waals surface area contributed by atoms with E-state index in [2.05, 4.69) is 229 Å². The lowest BCUT2D eigenvalue weighted by Crippen LogP contribution is -2.12. The molecule has 0 aliphatic carbocycles. The lowest BCUT2D eigenvalue weighted by Gasteiger charge is -2.19. The predicted octanol–water partition coefficient (Wildman–Crippen LogP) is 12.6. The van der Waals surface area contributed by atoms with Crippen LogP contribution < -0.4 is 0 Å². The van der Waals surface area contributed by atoms with Gasteiger partial charge in [0, 0.05) is 0 Å². The zero-order valence-electron chi connectivity index (χ0n) is 40.6. The molecule has 0 atom stereocenters. The van der Waals surface area contributed by atoms with E-state index in [0.717, 1.165) is 19.8 Å². The van der Waals surface area contributed by atoms with Crippen LogP contribution in [-0.4, -0.2) is 44.0 Å². The van der Waals surface area contributed by atoms with E-state index >= 15 is 0 Å². The van der Waals surface area contributed by atoms with Crippen molar-refractivity contribution in [1.82, 2.24) is 0 Å². The van der Waals surface area contributed by atoms with Crippen LogP contribution in [0.15, 0.2) is 146 Å². The van der Waals surface area contributed by atoms with Crippen molar-refractivity contribution >= 4 is 37.9 Å². The van der Waals surface area contributed by atoms with Gasteiger partial charge >= 0.3 is 8.60 Å². The van der Waals surface area contributed by atoms with Crippen LogP contribution in [0, 0.1) is 20.8 Å². The van der Waals surface area contributed by atoms with Gasteiger partial charge in [0.15, 0.2) is 29.3 Å². The standard InChI is InChI=1S/3C18H24OSi.H3O3P/c3*1-14-9-8-12-16(13-19-20-18(2,3)4)17(14)15-10-6-5-7-11-15;1-4(2)3/h3*5-12H,13,20H2,1-4H3;1-3H. The minimum absolute atomic E-state index is 0.344. The van der Waals surface area contributed by atoms with Gasteiger partial charge in [0.05, 0.1) is 19.8 Å². The maximum Gasteiger partial charge on any atom is 0.324 e. The Bertz CT molecular complexity index is 1980. The van der Waals surface area contributed by atoms with E-state index in [1.165, 1.54) is 66.8 Å². The van der Waals surface area contributed by atoms with Gasteiger partial charge in [-0.2, -0.15) is 0 Å². The molecule has 0 saturated carbocycles. The van der Waals surface area contributed by atoms with Gasteiger partial charge in [0.1, 0.15) is 0 Å². The molecule has 0 aliphatic heterocycles. The Morgan fingerprint density at radius 2 is 0.578 bits per heavy atom. The summed E-state index contributed by atoms with van der Waals surface area (Å²) >= 11 is 0. The second-order valence-electron chi connectivity index (χ2n) is 19.9. The summed E-state index contributed by atoms with van der Waals surface area (Å²) in [6.45, 7) is 29.0. The van der Waals surface area contributed by atoms with Gasteiger partial charge in [-0.3, -0.25) is 0 Å². The van der Waals surface area contributed by atoms with Crippen LogP contribution >= 0.6 is 8.60 Å². The number of hydrogen-bond donors (Lipinski definition) is 3. The highest BCUT2D eigenvalue weighted by atomic mass is 31.2. The van der Waals surface area contributed by atoms with Gasteiger partial charge in [0.2, 0.25) is 0 Å². The Hall–Kier alpha value is -3.84. The van der Waals surface area contributed by atoms with Crippen LogP contribution in [0.3, 0.4) is 0 Å². The van der Waals surface area contributed by atoms with Crippen LogP contribution in [0.4, 0.5) is 0 Å². The molecule has 0 aliphatic rings. The minimum atomic E-state index is -2.62. The lowest BCUT2D eigenvalue weighted by atomic mass is 9.95. The van der Waals surface area contributed by atoms with Crippen LogP contribution in [-0.2, 0) is 33.1 Å². The van der Waals surface area contributed by atoms with E-state index in [-0.39, 0.29) is 0 Å². The first-order chi connectivity index (χ1) is 30.1. The summed E-state index contributed by atoms with van der Waals surface area (Å²) in [6.07, 6.45) is 0. The maximum absolute atomic E-state index is 7.23. The molecule has 6 aromatic rings. The summed E-state index contributed by atoms with van der Waals surface area (Å²) in [4.78, 5) is 21.7. The van der Waals surface area contributed by atoms with Crippen molar-refractivity contribution in [2.75, 3.05) is 0 Å². The van der Waals surface area contributed by atoms with Crippen molar-refractivity contribution in [1.29, 1.82) is 0 Å². The highest BCUT2D eigenvalue weighted by Crippen LogP contribution is 2.32. The average Bonchev–Trinajstić information content (AvgIpc) is 3.21. The molecule has 0 spiro atoms. The van der Waals surface area contributed by atoms with Crippen molar-refractivity contribution in [2.24, 2.45) is 0 Å². The molecule has 0 unspecified atom stereocenters. The SMILES string of the molecule is Cc1cccc(CO[SiH2]C(C)(C)C)c1-c1ccccc1.Cc1cccc(CO[SiH2]C(C)(C)C)c1-c1ccccc1.Cc1cccc(CO[SiH2]C(C)(C)C)c1-c1ccccc1.OP(O)O. The van der Waals surface area contributed by atoms with Crippen LogP contribution in [0.25, 0.3) is 33.4 Å². The Morgan fingerprint density at radius 3 is 0.781 bits per heavy atom. The van der Waals surface area contributed by atoms with E-state index < -0.39 is 37.9 Å². The maximum atomic E-state index is 7.23. The summed E-state index contributed by atoms with van der Waals surface area (Å²) in [5.41, 5.74) is 15.7. The van der Waals surface area contributed by atoms with Gasteiger partial charge in [-0.05, 0) is 103 Å². The fourth-order valence-corrected chi connectivity index (χ4v) is 9.80. The number of benzene rings is 6. The fourth-order valence-electron chi connectivity index (χ4n) is 7.00. The monoisotopic (exact) mass is 934 g/mol. The van der Waals surface area contributed by atoms with Crippen molar-refractivity contribution in [3.8, 4) is 33.4 Å². The third-order valence-electron chi connectivity index (χ3n) is 9.64. The van der Waals surface area contributed by atoms with E-state index in [1.54, 1.807) is 0 Å². The first-order valence-electron chi connectivity index (χ1n) is 22.2. The van der Waals surface area contributed by atoms with Crippen molar-refractivity contribution < 1.29 is 28.0 Å². The highest BCUT2D eigenvalue weighted by molar-refractivity contribution is 7.38. The number of aryl methyl sites for hydroxylation is 3. The Balaban J connectivity index is 0.000000244. The third-order valence-corrected chi connectivity index (χ3v) is 13.5. The summed E-state index contributed by atoms with van der Waals surface area (Å²) in [6, 6.07) is 51.2. The molecule has 0 amide bonds. The van der Waals surface area contributed by atoms with Gasteiger partial charge in [-0.25, -0.2) is 0 Å². The zero-order chi connectivity index (χ0) is 47.3. The Kier molecular flexibility index (Phi) is 23.0. The third kappa shape index (κ3) is 21.0. The van der Waals surface area contributed by atoms with Crippen LogP contribution in [0.5, 0.6) is 0 Å². The molecule has 3 N–H and O–H groups in total. The molecule has 0 bridgehead atoms. The normalized spacial score (nSPS) is 12.0. The molecule has 6 nitrogen and oxygen atoms in total. The molecule has 0 fully saturated rings. The first-order valence-corrected chi connectivity index (χ1v) is 27.2. The van der Waals surface area contributed by atoms with E-state index in [0.29, 0.717) is 15.1 Å². The quantitative estimate of drug-likeness (QED) is 0.0837. The summed E-state index contributed by atoms with van der Waals surface area (Å²) < 4.78 is 18.1. The van der Waals surface area contributed by atoms with Gasteiger partial charge < -0.3 is 28.0 Å². The largest absolute Gasteiger partial charge is 0.419 e. The van der Waals surface area contributed by atoms with Gasteiger partial charge in [-0.15, -0.1) is 0 Å². The van der Waals surface area contributed by atoms with Gasteiger partial charge in [0.25, 0.3) is 0 Å². The molecule has 0 saturated heterocycles. The average molecular weight is 935 g/mol. The molecular weight excluding hydrogens is 860 g/mol. The Morgan fingerprint density at radius 1 is 0.359 bits per heavy atom. The highest BCUT2D eigenvalue weighted by Gasteiger charge is 2.16. The second-order valence-corrected chi connectivity index (χ2v) is 28.8. The van der Waals surface area contributed by atoms with E-state index in [1.807, 2.05) is 0 Å². The van der Waals surface area contributed by atoms with Crippen LogP contribution in [0.2, 0.25) is 15.1 Å². The molecule has 64 heavy (non-hydrogen) atoms. The number of rotatable bonds is 12. The smallest absolute Gasteiger partial charge is 0.324 e. The Labute approximate surface area is 394 Å². The van der Waals surface area contributed by atoms with Crippen LogP contribution in [0.1, 0.15) is 95.7 Å². The number of hydrogen-bond acceptors (Lipinski definition) is 6. The molecule has 6 aromatic carbocycles. The molecular formula is C54H75O6PSi3. The summed E-state index contributed by atoms with van der Waals surface area (Å²) in [5, 5.41) is 1.03. The molecule has 10 heteroatoms. The first kappa shape index (κ1) is 54.5. The summed E-state index contributed by atoms with van der Waals surface area (Å²) in [7, 11) is -4.13. The van der Waals surface area contributed by atoms with Gasteiger partial charge in [-0.1, -0.05) is 208 Å². The lowest BCUT2D eigenvalue weighted by molar-refractivity contribution is 0.310.